The van der Waals surface area contributed by atoms with Crippen molar-refractivity contribution in [2.75, 3.05) is 19.4 Å². The van der Waals surface area contributed by atoms with Crippen molar-refractivity contribution in [2.24, 2.45) is 17.6 Å². The second-order valence-corrected chi connectivity index (χ2v) is 9.24. The van der Waals surface area contributed by atoms with Crippen LogP contribution in [0.25, 0.3) is 0 Å². The van der Waals surface area contributed by atoms with Gasteiger partial charge in [0.25, 0.3) is 0 Å². The maximum Gasteiger partial charge on any atom is 0.224 e. The standard InChI is InChI=1S/C18H30N2O4S.ClH/c1-13(2)10-18(4,12-19)20-17(21)14(3)11-25(22,23)16-8-6-15(24-5)7-9-16;/h6-9,13-14H,10-12,19H2,1-5H3,(H,20,21);1H. The second-order valence-electron chi connectivity index (χ2n) is 7.21. The summed E-state index contributed by atoms with van der Waals surface area (Å²) in [4.78, 5) is 12.6. The average Bonchev–Trinajstić information content (AvgIpc) is 2.53. The fraction of sp³-hybridized carbons (Fsp3) is 0.611. The molecule has 2 atom stereocenters. The van der Waals surface area contributed by atoms with Crippen LogP contribution in [0.5, 0.6) is 5.75 Å². The minimum atomic E-state index is -3.56. The molecule has 1 rings (SSSR count). The predicted octanol–water partition coefficient (Wildman–Crippen LogP) is 2.41. The van der Waals surface area contributed by atoms with Crippen LogP contribution in [0.2, 0.25) is 0 Å². The first-order valence-corrected chi connectivity index (χ1v) is 10.1. The number of ether oxygens (including phenoxy) is 1. The van der Waals surface area contributed by atoms with E-state index in [1.165, 1.54) is 19.2 Å². The smallest absolute Gasteiger partial charge is 0.224 e. The summed E-state index contributed by atoms with van der Waals surface area (Å²) in [5.41, 5.74) is 5.27. The molecule has 0 saturated heterocycles. The van der Waals surface area contributed by atoms with E-state index < -0.39 is 21.3 Å². The maximum absolute atomic E-state index is 12.5. The third-order valence-electron chi connectivity index (χ3n) is 4.07. The molecule has 0 fully saturated rings. The van der Waals surface area contributed by atoms with Gasteiger partial charge in [-0.3, -0.25) is 4.79 Å². The first kappa shape index (κ1) is 24.7. The Bertz CT molecular complexity index is 677. The molecular formula is C18H31ClN2O4S. The van der Waals surface area contributed by atoms with Gasteiger partial charge in [0.1, 0.15) is 5.75 Å². The molecule has 1 amide bonds. The number of carbonyl (C=O) groups excluding carboxylic acids is 1. The first-order valence-electron chi connectivity index (χ1n) is 8.42. The van der Waals surface area contributed by atoms with E-state index in [-0.39, 0.29) is 29.0 Å². The number of rotatable bonds is 9. The van der Waals surface area contributed by atoms with E-state index in [0.717, 1.165) is 6.42 Å². The minimum Gasteiger partial charge on any atom is -0.497 e. The molecule has 0 heterocycles. The molecule has 150 valence electrons. The number of nitrogens with one attached hydrogen (secondary N) is 1. The summed E-state index contributed by atoms with van der Waals surface area (Å²) < 4.78 is 30.1. The number of halogens is 1. The normalized spacial score (nSPS) is 14.9. The first-order chi connectivity index (χ1) is 11.5. The van der Waals surface area contributed by atoms with Crippen molar-refractivity contribution in [3.8, 4) is 5.75 Å². The van der Waals surface area contributed by atoms with Crippen molar-refractivity contribution in [1.82, 2.24) is 5.32 Å². The Morgan fingerprint density at radius 1 is 1.23 bits per heavy atom. The lowest BCUT2D eigenvalue weighted by atomic mass is 9.90. The van der Waals surface area contributed by atoms with Crippen LogP contribution >= 0.6 is 12.4 Å². The van der Waals surface area contributed by atoms with E-state index in [1.807, 2.05) is 6.92 Å². The van der Waals surface area contributed by atoms with Crippen LogP contribution in [-0.4, -0.2) is 39.3 Å². The fourth-order valence-corrected chi connectivity index (χ4v) is 4.34. The van der Waals surface area contributed by atoms with E-state index in [0.29, 0.717) is 18.2 Å². The Labute approximate surface area is 163 Å². The van der Waals surface area contributed by atoms with E-state index >= 15 is 0 Å². The molecule has 0 radical (unpaired) electrons. The number of methoxy groups -OCH3 is 1. The molecular weight excluding hydrogens is 376 g/mol. The Morgan fingerprint density at radius 3 is 2.19 bits per heavy atom. The second kappa shape index (κ2) is 10.1. The topological polar surface area (TPSA) is 98.5 Å². The van der Waals surface area contributed by atoms with Gasteiger partial charge < -0.3 is 15.8 Å². The molecule has 3 N–H and O–H groups in total. The van der Waals surface area contributed by atoms with Gasteiger partial charge in [0, 0.05) is 18.0 Å². The van der Waals surface area contributed by atoms with Crippen molar-refractivity contribution in [3.05, 3.63) is 24.3 Å². The monoisotopic (exact) mass is 406 g/mol. The lowest BCUT2D eigenvalue weighted by molar-refractivity contribution is -0.125. The van der Waals surface area contributed by atoms with Crippen LogP contribution in [0.15, 0.2) is 29.2 Å². The highest BCUT2D eigenvalue weighted by molar-refractivity contribution is 7.91. The summed E-state index contributed by atoms with van der Waals surface area (Å²) in [6.45, 7) is 7.91. The number of nitrogens with two attached hydrogens (primary N) is 1. The third kappa shape index (κ3) is 7.13. The van der Waals surface area contributed by atoms with Gasteiger partial charge in [0.05, 0.1) is 17.8 Å². The van der Waals surface area contributed by atoms with Crippen molar-refractivity contribution in [2.45, 2.75) is 44.6 Å². The Balaban J connectivity index is 0.00000625. The number of carbonyl (C=O) groups is 1. The summed E-state index contributed by atoms with van der Waals surface area (Å²) in [6.07, 6.45) is 0.729. The van der Waals surface area contributed by atoms with Gasteiger partial charge in [-0.1, -0.05) is 20.8 Å². The van der Waals surface area contributed by atoms with Crippen molar-refractivity contribution in [1.29, 1.82) is 0 Å². The van der Waals surface area contributed by atoms with Crippen LogP contribution in [0.3, 0.4) is 0 Å². The minimum absolute atomic E-state index is 0. The highest BCUT2D eigenvalue weighted by Crippen LogP contribution is 2.20. The molecule has 0 bridgehead atoms. The van der Waals surface area contributed by atoms with Gasteiger partial charge in [0.15, 0.2) is 9.84 Å². The van der Waals surface area contributed by atoms with Gasteiger partial charge in [0.2, 0.25) is 5.91 Å². The zero-order valence-corrected chi connectivity index (χ0v) is 17.7. The van der Waals surface area contributed by atoms with Crippen LogP contribution in [0.4, 0.5) is 0 Å². The molecule has 0 spiro atoms. The quantitative estimate of drug-likeness (QED) is 0.656. The fourth-order valence-electron chi connectivity index (χ4n) is 2.79. The molecule has 0 saturated carbocycles. The highest BCUT2D eigenvalue weighted by atomic mass is 35.5. The van der Waals surface area contributed by atoms with E-state index in [4.69, 9.17) is 10.5 Å². The SMILES string of the molecule is COc1ccc(S(=O)(=O)CC(C)C(=O)NC(C)(CN)CC(C)C)cc1.Cl. The van der Waals surface area contributed by atoms with Crippen LogP contribution < -0.4 is 15.8 Å². The molecule has 26 heavy (non-hydrogen) atoms. The molecule has 0 aromatic heterocycles. The molecule has 6 nitrogen and oxygen atoms in total. The predicted molar refractivity (Wildman–Crippen MR) is 107 cm³/mol. The number of benzene rings is 1. The Morgan fingerprint density at radius 2 is 1.77 bits per heavy atom. The summed E-state index contributed by atoms with van der Waals surface area (Å²) in [7, 11) is -2.05. The Kier molecular flexibility index (Phi) is 9.62. The maximum atomic E-state index is 12.5. The van der Waals surface area contributed by atoms with Gasteiger partial charge in [-0.15, -0.1) is 12.4 Å². The molecule has 1 aromatic rings. The van der Waals surface area contributed by atoms with Crippen molar-refractivity contribution < 1.29 is 17.9 Å². The van der Waals surface area contributed by atoms with Crippen LogP contribution in [-0.2, 0) is 14.6 Å². The average molecular weight is 407 g/mol. The van der Waals surface area contributed by atoms with E-state index in [1.54, 1.807) is 19.1 Å². The molecule has 2 unspecified atom stereocenters. The number of amides is 1. The number of hydrogen-bond acceptors (Lipinski definition) is 5. The third-order valence-corrected chi connectivity index (χ3v) is 6.00. The summed E-state index contributed by atoms with van der Waals surface area (Å²) in [5, 5.41) is 2.92. The summed E-state index contributed by atoms with van der Waals surface area (Å²) in [5.74, 6) is -0.284. The van der Waals surface area contributed by atoms with Crippen LogP contribution in [0.1, 0.15) is 34.1 Å². The molecule has 8 heteroatoms. The summed E-state index contributed by atoms with van der Waals surface area (Å²) in [6, 6.07) is 6.15. The largest absolute Gasteiger partial charge is 0.497 e. The highest BCUT2D eigenvalue weighted by Gasteiger charge is 2.30. The summed E-state index contributed by atoms with van der Waals surface area (Å²) >= 11 is 0. The van der Waals surface area contributed by atoms with E-state index in [9.17, 15) is 13.2 Å². The zero-order valence-electron chi connectivity index (χ0n) is 16.1. The molecule has 0 aliphatic heterocycles. The van der Waals surface area contributed by atoms with E-state index in [2.05, 4.69) is 19.2 Å². The zero-order chi connectivity index (χ0) is 19.3. The van der Waals surface area contributed by atoms with Gasteiger partial charge in [-0.05, 0) is 43.5 Å². The van der Waals surface area contributed by atoms with Gasteiger partial charge >= 0.3 is 0 Å². The lowest BCUT2D eigenvalue weighted by Gasteiger charge is -2.32. The number of hydrogen-bond donors (Lipinski definition) is 2. The van der Waals surface area contributed by atoms with Crippen molar-refractivity contribution in [3.63, 3.8) is 0 Å². The molecule has 0 aliphatic rings. The Hall–Kier alpha value is -1.31. The van der Waals surface area contributed by atoms with Crippen LogP contribution in [0, 0.1) is 11.8 Å². The molecule has 1 aromatic carbocycles. The van der Waals surface area contributed by atoms with Gasteiger partial charge in [-0.2, -0.15) is 0 Å². The number of sulfone groups is 1. The lowest BCUT2D eigenvalue weighted by Crippen LogP contribution is -2.54. The molecule has 0 aliphatic carbocycles. The van der Waals surface area contributed by atoms with Gasteiger partial charge in [-0.25, -0.2) is 8.42 Å². The van der Waals surface area contributed by atoms with Crippen molar-refractivity contribution >= 4 is 28.2 Å².